The van der Waals surface area contributed by atoms with Crippen molar-refractivity contribution in [2.75, 3.05) is 7.11 Å². The van der Waals surface area contributed by atoms with Crippen molar-refractivity contribution in [3.63, 3.8) is 0 Å². The molecule has 2 rings (SSSR count). The summed E-state index contributed by atoms with van der Waals surface area (Å²) in [5.41, 5.74) is 1.33. The standard InChI is InChI=1S/C14H18O3/c1-16-13-6-2-11(3-7-13)12-4-8-14(9-5-12)17-10-15/h4-5,8-11,13H,2-3,6-7H2,1H3. The number of ether oxygens (including phenoxy) is 2. The number of carbonyl (C=O) groups is 1. The van der Waals surface area contributed by atoms with E-state index in [0.29, 0.717) is 24.2 Å². The van der Waals surface area contributed by atoms with Crippen LogP contribution < -0.4 is 4.74 Å². The third kappa shape index (κ3) is 3.07. The second-order valence-electron chi connectivity index (χ2n) is 4.49. The lowest BCUT2D eigenvalue weighted by Gasteiger charge is -2.27. The third-order valence-corrected chi connectivity index (χ3v) is 3.54. The molecule has 92 valence electrons. The highest BCUT2D eigenvalue weighted by atomic mass is 16.5. The van der Waals surface area contributed by atoms with Crippen molar-refractivity contribution in [2.24, 2.45) is 0 Å². The average molecular weight is 234 g/mol. The second kappa shape index (κ2) is 5.82. The van der Waals surface area contributed by atoms with Gasteiger partial charge in [0.25, 0.3) is 6.47 Å². The molecule has 0 aliphatic heterocycles. The first-order chi connectivity index (χ1) is 8.33. The number of benzene rings is 1. The van der Waals surface area contributed by atoms with E-state index in [2.05, 4.69) is 12.1 Å². The Bertz CT molecular complexity index is 350. The lowest BCUT2D eigenvalue weighted by atomic mass is 9.83. The summed E-state index contributed by atoms with van der Waals surface area (Å²) in [7, 11) is 1.79. The Morgan fingerprint density at radius 3 is 2.29 bits per heavy atom. The molecule has 3 nitrogen and oxygen atoms in total. The molecule has 3 heteroatoms. The monoisotopic (exact) mass is 234 g/mol. The lowest BCUT2D eigenvalue weighted by molar-refractivity contribution is -0.120. The maximum Gasteiger partial charge on any atom is 0.298 e. The van der Waals surface area contributed by atoms with E-state index in [1.165, 1.54) is 18.4 Å². The van der Waals surface area contributed by atoms with Crippen molar-refractivity contribution in [3.8, 4) is 5.75 Å². The zero-order valence-electron chi connectivity index (χ0n) is 10.1. The second-order valence-corrected chi connectivity index (χ2v) is 4.49. The van der Waals surface area contributed by atoms with E-state index >= 15 is 0 Å². The van der Waals surface area contributed by atoms with Crippen LogP contribution in [0.1, 0.15) is 37.2 Å². The van der Waals surface area contributed by atoms with Crippen LogP contribution >= 0.6 is 0 Å². The maximum atomic E-state index is 10.2. The van der Waals surface area contributed by atoms with Gasteiger partial charge in [-0.25, -0.2) is 0 Å². The van der Waals surface area contributed by atoms with E-state index in [1.807, 2.05) is 12.1 Å². The molecule has 1 aliphatic rings. The zero-order chi connectivity index (χ0) is 12.1. The Hall–Kier alpha value is -1.35. The van der Waals surface area contributed by atoms with E-state index in [0.717, 1.165) is 12.8 Å². The van der Waals surface area contributed by atoms with Gasteiger partial charge < -0.3 is 9.47 Å². The van der Waals surface area contributed by atoms with Crippen molar-refractivity contribution in [1.82, 2.24) is 0 Å². The van der Waals surface area contributed by atoms with Gasteiger partial charge in [0, 0.05) is 7.11 Å². The number of carbonyl (C=O) groups excluding carboxylic acids is 1. The highest BCUT2D eigenvalue weighted by Crippen LogP contribution is 2.34. The molecular formula is C14H18O3. The summed E-state index contributed by atoms with van der Waals surface area (Å²) in [5, 5.41) is 0. The number of methoxy groups -OCH3 is 1. The van der Waals surface area contributed by atoms with Crippen molar-refractivity contribution in [2.45, 2.75) is 37.7 Å². The molecular weight excluding hydrogens is 216 g/mol. The van der Waals surface area contributed by atoms with Gasteiger partial charge >= 0.3 is 0 Å². The molecule has 0 atom stereocenters. The molecule has 0 heterocycles. The van der Waals surface area contributed by atoms with Crippen molar-refractivity contribution in [3.05, 3.63) is 29.8 Å². The number of hydrogen-bond acceptors (Lipinski definition) is 3. The fourth-order valence-corrected chi connectivity index (χ4v) is 2.51. The summed E-state index contributed by atoms with van der Waals surface area (Å²) in [5.74, 6) is 1.22. The van der Waals surface area contributed by atoms with Crippen LogP contribution in [0.5, 0.6) is 5.75 Å². The van der Waals surface area contributed by atoms with Gasteiger partial charge in [-0.15, -0.1) is 0 Å². The fourth-order valence-electron chi connectivity index (χ4n) is 2.51. The van der Waals surface area contributed by atoms with Gasteiger partial charge in [-0.1, -0.05) is 12.1 Å². The minimum absolute atomic E-state index is 0.434. The van der Waals surface area contributed by atoms with E-state index in [1.54, 1.807) is 7.11 Å². The molecule has 0 amide bonds. The quantitative estimate of drug-likeness (QED) is 0.751. The molecule has 1 aromatic rings. The van der Waals surface area contributed by atoms with Crippen molar-refractivity contribution >= 4 is 6.47 Å². The minimum atomic E-state index is 0.434. The van der Waals surface area contributed by atoms with Crippen molar-refractivity contribution in [1.29, 1.82) is 0 Å². The van der Waals surface area contributed by atoms with Gasteiger partial charge in [0.1, 0.15) is 5.75 Å². The molecule has 0 bridgehead atoms. The van der Waals surface area contributed by atoms with Gasteiger partial charge in [-0.3, -0.25) is 4.79 Å². The van der Waals surface area contributed by atoms with Gasteiger partial charge in [0.2, 0.25) is 0 Å². The van der Waals surface area contributed by atoms with E-state index in [4.69, 9.17) is 9.47 Å². The predicted octanol–water partition coefficient (Wildman–Crippen LogP) is 2.89. The Balaban J connectivity index is 1.96. The summed E-state index contributed by atoms with van der Waals surface area (Å²) in [6, 6.07) is 7.81. The normalized spacial score (nSPS) is 24.3. The molecule has 0 spiro atoms. The highest BCUT2D eigenvalue weighted by Gasteiger charge is 2.21. The van der Waals surface area contributed by atoms with Crippen LogP contribution in [0.4, 0.5) is 0 Å². The Kier molecular flexibility index (Phi) is 4.15. The summed E-state index contributed by atoms with van der Waals surface area (Å²) in [6.45, 7) is 0.457. The third-order valence-electron chi connectivity index (χ3n) is 3.54. The molecule has 0 radical (unpaired) electrons. The topological polar surface area (TPSA) is 35.5 Å². The number of rotatable bonds is 4. The first-order valence-electron chi connectivity index (χ1n) is 6.06. The van der Waals surface area contributed by atoms with Crippen LogP contribution in [0.2, 0.25) is 0 Å². The smallest absolute Gasteiger partial charge is 0.298 e. The molecule has 1 aromatic carbocycles. The van der Waals surface area contributed by atoms with Gasteiger partial charge in [-0.2, -0.15) is 0 Å². The van der Waals surface area contributed by atoms with Crippen LogP contribution in [0.15, 0.2) is 24.3 Å². The first-order valence-corrected chi connectivity index (χ1v) is 6.06. The number of hydrogen-bond donors (Lipinski definition) is 0. The summed E-state index contributed by atoms with van der Waals surface area (Å²) in [6.07, 6.45) is 5.05. The molecule has 1 aliphatic carbocycles. The zero-order valence-corrected chi connectivity index (χ0v) is 10.1. The van der Waals surface area contributed by atoms with Crippen LogP contribution in [0.25, 0.3) is 0 Å². The van der Waals surface area contributed by atoms with Gasteiger partial charge in [0.15, 0.2) is 0 Å². The Morgan fingerprint density at radius 2 is 1.76 bits per heavy atom. The van der Waals surface area contributed by atoms with Crippen LogP contribution in [0.3, 0.4) is 0 Å². The van der Waals surface area contributed by atoms with Crippen molar-refractivity contribution < 1.29 is 14.3 Å². The summed E-state index contributed by atoms with van der Waals surface area (Å²) in [4.78, 5) is 10.2. The molecule has 0 aromatic heterocycles. The molecule has 17 heavy (non-hydrogen) atoms. The van der Waals surface area contributed by atoms with Gasteiger partial charge in [-0.05, 0) is 49.3 Å². The van der Waals surface area contributed by atoms with E-state index in [-0.39, 0.29) is 0 Å². The first kappa shape index (κ1) is 12.1. The molecule has 0 N–H and O–H groups in total. The van der Waals surface area contributed by atoms with Crippen LogP contribution in [-0.2, 0) is 9.53 Å². The van der Waals surface area contributed by atoms with Crippen LogP contribution in [-0.4, -0.2) is 19.7 Å². The van der Waals surface area contributed by atoms with Gasteiger partial charge in [0.05, 0.1) is 6.10 Å². The maximum absolute atomic E-state index is 10.2. The Morgan fingerprint density at radius 1 is 1.12 bits per heavy atom. The van der Waals surface area contributed by atoms with Crippen LogP contribution in [0, 0.1) is 0 Å². The predicted molar refractivity (Wildman–Crippen MR) is 65.1 cm³/mol. The molecule has 0 saturated heterocycles. The minimum Gasteiger partial charge on any atom is -0.429 e. The average Bonchev–Trinajstić information content (AvgIpc) is 2.40. The molecule has 1 saturated carbocycles. The Labute approximate surface area is 102 Å². The molecule has 1 fully saturated rings. The highest BCUT2D eigenvalue weighted by molar-refractivity contribution is 5.45. The van der Waals surface area contributed by atoms with E-state index in [9.17, 15) is 4.79 Å². The summed E-state index contributed by atoms with van der Waals surface area (Å²) < 4.78 is 10.1. The SMILES string of the molecule is COC1CCC(c2ccc(OC=O)cc2)CC1. The van der Waals surface area contributed by atoms with E-state index < -0.39 is 0 Å². The molecule has 0 unspecified atom stereocenters. The fraction of sp³-hybridized carbons (Fsp3) is 0.500. The summed E-state index contributed by atoms with van der Waals surface area (Å²) >= 11 is 0. The largest absolute Gasteiger partial charge is 0.429 e. The lowest BCUT2D eigenvalue weighted by Crippen LogP contribution is -2.19.